The van der Waals surface area contributed by atoms with Crippen LogP contribution in [0.4, 0.5) is 0 Å². The minimum Gasteiger partial charge on any atom is -0.339 e. The van der Waals surface area contributed by atoms with Crippen LogP contribution in [-0.4, -0.2) is 33.7 Å². The van der Waals surface area contributed by atoms with Gasteiger partial charge in [0.05, 0.1) is 22.1 Å². The smallest absolute Gasteiger partial charge is 0.253 e. The van der Waals surface area contributed by atoms with E-state index in [1.807, 2.05) is 47.7 Å². The van der Waals surface area contributed by atoms with Crippen molar-refractivity contribution >= 4 is 17.5 Å². The van der Waals surface area contributed by atoms with Crippen LogP contribution in [0.3, 0.4) is 0 Å². The summed E-state index contributed by atoms with van der Waals surface area (Å²) in [5.41, 5.74) is 3.39. The van der Waals surface area contributed by atoms with E-state index in [2.05, 4.69) is 5.10 Å². The van der Waals surface area contributed by atoms with Crippen LogP contribution < -0.4 is 0 Å². The first kappa shape index (κ1) is 17.0. The highest BCUT2D eigenvalue weighted by molar-refractivity contribution is 6.31. The van der Waals surface area contributed by atoms with Crippen LogP contribution in [0.5, 0.6) is 0 Å². The minimum atomic E-state index is 0.134. The number of aromatic nitrogens is 2. The summed E-state index contributed by atoms with van der Waals surface area (Å²) in [6.07, 6.45) is 5.95. The molecule has 2 heterocycles. The predicted octanol–water partition coefficient (Wildman–Crippen LogP) is 4.55. The Bertz CT molecular complexity index is 713. The first-order valence-corrected chi connectivity index (χ1v) is 9.07. The van der Waals surface area contributed by atoms with Crippen LogP contribution in [0.2, 0.25) is 5.02 Å². The molecule has 1 aromatic carbocycles. The van der Waals surface area contributed by atoms with Crippen molar-refractivity contribution in [2.24, 2.45) is 0 Å². The first-order chi connectivity index (χ1) is 11.6. The van der Waals surface area contributed by atoms with Gasteiger partial charge in [-0.15, -0.1) is 0 Å². The second-order valence-electron chi connectivity index (χ2n) is 6.50. The number of halogens is 1. The summed E-state index contributed by atoms with van der Waals surface area (Å²) < 4.78 is 1.82. The lowest BCUT2D eigenvalue weighted by Crippen LogP contribution is -2.33. The number of hydrogen-bond acceptors (Lipinski definition) is 2. The molecule has 0 N–H and O–H groups in total. The Kier molecular flexibility index (Phi) is 5.24. The second kappa shape index (κ2) is 7.39. The summed E-state index contributed by atoms with van der Waals surface area (Å²) >= 11 is 6.22. The fourth-order valence-corrected chi connectivity index (χ4v) is 3.37. The highest BCUT2D eigenvalue weighted by Crippen LogP contribution is 2.23. The number of carbonyl (C=O) groups excluding carboxylic acids is 1. The number of aryl methyl sites for hydroxylation is 1. The highest BCUT2D eigenvalue weighted by Gasteiger charge is 2.17. The first-order valence-electron chi connectivity index (χ1n) is 8.69. The predicted molar refractivity (Wildman–Crippen MR) is 97.0 cm³/mol. The summed E-state index contributed by atoms with van der Waals surface area (Å²) in [6, 6.07) is 7.65. The maximum atomic E-state index is 12.7. The molecule has 0 saturated carbocycles. The number of likely N-dealkylation sites (tertiary alicyclic amines) is 1. The van der Waals surface area contributed by atoms with E-state index in [0.29, 0.717) is 5.02 Å². The van der Waals surface area contributed by atoms with Gasteiger partial charge in [0.1, 0.15) is 0 Å². The summed E-state index contributed by atoms with van der Waals surface area (Å²) in [5.74, 6) is 0.134. The van der Waals surface area contributed by atoms with E-state index >= 15 is 0 Å². The molecule has 1 aliphatic rings. The topological polar surface area (TPSA) is 38.1 Å². The molecule has 0 bridgehead atoms. The molecule has 4 nitrogen and oxygen atoms in total. The molecule has 1 amide bonds. The van der Waals surface area contributed by atoms with E-state index in [4.69, 9.17) is 11.6 Å². The van der Waals surface area contributed by atoms with Crippen molar-refractivity contribution in [3.05, 3.63) is 46.2 Å². The normalized spacial score (nSPS) is 15.9. The van der Waals surface area contributed by atoms with Gasteiger partial charge in [0.15, 0.2) is 0 Å². The van der Waals surface area contributed by atoms with Crippen molar-refractivity contribution in [3.8, 4) is 5.69 Å². The summed E-state index contributed by atoms with van der Waals surface area (Å²) in [7, 11) is 0. The van der Waals surface area contributed by atoms with Crippen LogP contribution in [-0.2, 0) is 0 Å². The van der Waals surface area contributed by atoms with E-state index < -0.39 is 0 Å². The van der Waals surface area contributed by atoms with E-state index in [1.54, 1.807) is 0 Å². The average molecular weight is 346 g/mol. The second-order valence-corrected chi connectivity index (χ2v) is 6.88. The highest BCUT2D eigenvalue weighted by atomic mass is 35.5. The molecule has 0 atom stereocenters. The van der Waals surface area contributed by atoms with E-state index in [9.17, 15) is 4.79 Å². The molecular formula is C19H24ClN3O. The largest absolute Gasteiger partial charge is 0.339 e. The lowest BCUT2D eigenvalue weighted by Gasteiger charge is -2.25. The number of benzene rings is 1. The summed E-state index contributed by atoms with van der Waals surface area (Å²) in [4.78, 5) is 14.7. The van der Waals surface area contributed by atoms with Gasteiger partial charge in [-0.05, 0) is 51.0 Å². The average Bonchev–Trinajstić information content (AvgIpc) is 2.82. The zero-order valence-corrected chi connectivity index (χ0v) is 15.1. The molecule has 0 spiro atoms. The van der Waals surface area contributed by atoms with Gasteiger partial charge >= 0.3 is 0 Å². The molecule has 0 aliphatic carbocycles. The van der Waals surface area contributed by atoms with Gasteiger partial charge < -0.3 is 4.90 Å². The zero-order chi connectivity index (χ0) is 17.1. The third-order valence-corrected chi connectivity index (χ3v) is 5.25. The van der Waals surface area contributed by atoms with E-state index in [-0.39, 0.29) is 5.91 Å². The van der Waals surface area contributed by atoms with Crippen LogP contribution in [0.1, 0.15) is 53.8 Å². The molecule has 1 aromatic heterocycles. The Hall–Kier alpha value is -1.81. The lowest BCUT2D eigenvalue weighted by atomic mass is 10.1. The number of nitrogens with zero attached hydrogens (tertiary/aromatic N) is 3. The standard InChI is InChI=1S/C19H24ClN3O/c1-14-18(20)15(2)23(21-14)17-10-8-16(9-11-17)19(24)22-12-6-4-3-5-7-13-22/h8-11H,3-7,12-13H2,1-2H3. The molecule has 2 aromatic rings. The van der Waals surface area contributed by atoms with Crippen molar-refractivity contribution in [2.75, 3.05) is 13.1 Å². The molecule has 1 aliphatic heterocycles. The van der Waals surface area contributed by atoms with Crippen LogP contribution >= 0.6 is 11.6 Å². The Balaban J connectivity index is 1.78. The summed E-state index contributed by atoms with van der Waals surface area (Å²) in [5, 5.41) is 5.15. The summed E-state index contributed by atoms with van der Waals surface area (Å²) in [6.45, 7) is 5.58. The number of rotatable bonds is 2. The third kappa shape index (κ3) is 3.48. The Morgan fingerprint density at radius 2 is 1.58 bits per heavy atom. The molecule has 1 saturated heterocycles. The number of hydrogen-bond donors (Lipinski definition) is 0. The molecule has 5 heteroatoms. The molecule has 1 fully saturated rings. The van der Waals surface area contributed by atoms with Gasteiger partial charge in [0, 0.05) is 18.7 Å². The Labute approximate surface area is 148 Å². The van der Waals surface area contributed by atoms with Gasteiger partial charge in [-0.2, -0.15) is 5.10 Å². The van der Waals surface area contributed by atoms with Gasteiger partial charge in [-0.1, -0.05) is 30.9 Å². The molecule has 128 valence electrons. The van der Waals surface area contributed by atoms with Crippen molar-refractivity contribution in [1.29, 1.82) is 0 Å². The van der Waals surface area contributed by atoms with Gasteiger partial charge in [-0.25, -0.2) is 4.68 Å². The maximum Gasteiger partial charge on any atom is 0.253 e. The van der Waals surface area contributed by atoms with Crippen molar-refractivity contribution in [2.45, 2.75) is 46.0 Å². The molecule has 0 unspecified atom stereocenters. The van der Waals surface area contributed by atoms with Gasteiger partial charge in [-0.3, -0.25) is 4.79 Å². The van der Waals surface area contributed by atoms with Crippen LogP contribution in [0.25, 0.3) is 5.69 Å². The van der Waals surface area contributed by atoms with Gasteiger partial charge in [0.25, 0.3) is 5.91 Å². The number of amides is 1. The molecular weight excluding hydrogens is 322 g/mol. The quantitative estimate of drug-likeness (QED) is 0.800. The molecule has 0 radical (unpaired) electrons. The fourth-order valence-electron chi connectivity index (χ4n) is 3.25. The fraction of sp³-hybridized carbons (Fsp3) is 0.474. The third-order valence-electron chi connectivity index (χ3n) is 4.71. The monoisotopic (exact) mass is 345 g/mol. The SMILES string of the molecule is Cc1nn(-c2ccc(C(=O)N3CCCCCCC3)cc2)c(C)c1Cl. The van der Waals surface area contributed by atoms with E-state index in [0.717, 1.165) is 48.6 Å². The van der Waals surface area contributed by atoms with Gasteiger partial charge in [0.2, 0.25) is 0 Å². The van der Waals surface area contributed by atoms with Crippen molar-refractivity contribution in [3.63, 3.8) is 0 Å². The lowest BCUT2D eigenvalue weighted by molar-refractivity contribution is 0.0742. The molecule has 24 heavy (non-hydrogen) atoms. The molecule has 3 rings (SSSR count). The van der Waals surface area contributed by atoms with Crippen molar-refractivity contribution in [1.82, 2.24) is 14.7 Å². The number of carbonyl (C=O) groups is 1. The maximum absolute atomic E-state index is 12.7. The van der Waals surface area contributed by atoms with Crippen molar-refractivity contribution < 1.29 is 4.79 Å². The van der Waals surface area contributed by atoms with E-state index in [1.165, 1.54) is 19.3 Å². The minimum absolute atomic E-state index is 0.134. The Morgan fingerprint density at radius 3 is 2.12 bits per heavy atom. The zero-order valence-electron chi connectivity index (χ0n) is 14.4. The Morgan fingerprint density at radius 1 is 1.00 bits per heavy atom. The van der Waals surface area contributed by atoms with Crippen LogP contribution in [0, 0.1) is 13.8 Å². The van der Waals surface area contributed by atoms with Crippen LogP contribution in [0.15, 0.2) is 24.3 Å².